The van der Waals surface area contributed by atoms with E-state index in [-0.39, 0.29) is 29.7 Å². The van der Waals surface area contributed by atoms with Crippen molar-refractivity contribution < 1.29 is 14.3 Å². The van der Waals surface area contributed by atoms with Gasteiger partial charge in [0.2, 0.25) is 5.91 Å². The molecule has 1 N–H and O–H groups in total. The van der Waals surface area contributed by atoms with Gasteiger partial charge in [-0.2, -0.15) is 0 Å². The summed E-state index contributed by atoms with van der Waals surface area (Å²) in [5, 5.41) is 9.55. The molecule has 22 heavy (non-hydrogen) atoms. The lowest BCUT2D eigenvalue weighted by atomic mass is 9.77. The molecule has 0 aromatic heterocycles. The number of piperidine rings is 1. The fourth-order valence-electron chi connectivity index (χ4n) is 3.23. The Labute approximate surface area is 132 Å². The van der Waals surface area contributed by atoms with Gasteiger partial charge in [-0.25, -0.2) is 4.39 Å². The maximum Gasteiger partial charge on any atom is 0.223 e. The zero-order valence-electron chi connectivity index (χ0n) is 13.5. The maximum absolute atomic E-state index is 13.8. The molecule has 0 aliphatic carbocycles. The Morgan fingerprint density at radius 2 is 2.00 bits per heavy atom. The SMILES string of the molecule is CCC1(CO)CCN(C(=O)CC(C)c2ccccc2F)CC1. The number of halogens is 1. The number of likely N-dealkylation sites (tertiary alicyclic amines) is 1. The molecule has 2 rings (SSSR count). The van der Waals surface area contributed by atoms with E-state index in [4.69, 9.17) is 0 Å². The second-order valence-electron chi connectivity index (χ2n) is 6.52. The number of hydrogen-bond acceptors (Lipinski definition) is 2. The molecule has 1 amide bonds. The van der Waals surface area contributed by atoms with E-state index in [2.05, 4.69) is 6.92 Å². The van der Waals surface area contributed by atoms with Gasteiger partial charge in [-0.3, -0.25) is 4.79 Å². The minimum absolute atomic E-state index is 0.0199. The topological polar surface area (TPSA) is 40.5 Å². The van der Waals surface area contributed by atoms with Gasteiger partial charge in [0.05, 0.1) is 0 Å². The van der Waals surface area contributed by atoms with Crippen LogP contribution in [-0.2, 0) is 4.79 Å². The van der Waals surface area contributed by atoms with Crippen molar-refractivity contribution in [2.75, 3.05) is 19.7 Å². The number of amides is 1. The number of nitrogens with zero attached hydrogens (tertiary/aromatic N) is 1. The Morgan fingerprint density at radius 1 is 1.36 bits per heavy atom. The first kappa shape index (κ1) is 16.9. The molecule has 1 atom stereocenters. The quantitative estimate of drug-likeness (QED) is 0.906. The minimum atomic E-state index is -0.244. The molecule has 1 unspecified atom stereocenters. The van der Waals surface area contributed by atoms with Crippen LogP contribution in [0, 0.1) is 11.2 Å². The van der Waals surface area contributed by atoms with Crippen molar-refractivity contribution in [3.63, 3.8) is 0 Å². The Kier molecular flexibility index (Phi) is 5.57. The normalized spacial score (nSPS) is 19.0. The molecule has 1 aromatic carbocycles. The molecule has 1 saturated heterocycles. The smallest absolute Gasteiger partial charge is 0.223 e. The van der Waals surface area contributed by atoms with Gasteiger partial charge in [-0.15, -0.1) is 0 Å². The van der Waals surface area contributed by atoms with Crippen molar-refractivity contribution in [1.29, 1.82) is 0 Å². The first-order valence-corrected chi connectivity index (χ1v) is 8.14. The highest BCUT2D eigenvalue weighted by atomic mass is 19.1. The van der Waals surface area contributed by atoms with Crippen molar-refractivity contribution >= 4 is 5.91 Å². The lowest BCUT2D eigenvalue weighted by molar-refractivity contribution is -0.134. The van der Waals surface area contributed by atoms with E-state index >= 15 is 0 Å². The molecule has 4 heteroatoms. The first-order valence-electron chi connectivity index (χ1n) is 8.14. The summed E-state index contributed by atoms with van der Waals surface area (Å²) in [4.78, 5) is 14.3. The van der Waals surface area contributed by atoms with Crippen LogP contribution in [0.4, 0.5) is 4.39 Å². The highest BCUT2D eigenvalue weighted by Gasteiger charge is 2.34. The van der Waals surface area contributed by atoms with E-state index in [0.717, 1.165) is 19.3 Å². The van der Waals surface area contributed by atoms with Crippen molar-refractivity contribution in [3.05, 3.63) is 35.6 Å². The minimum Gasteiger partial charge on any atom is -0.396 e. The molecular weight excluding hydrogens is 281 g/mol. The molecule has 1 aromatic rings. The van der Waals surface area contributed by atoms with Crippen LogP contribution in [-0.4, -0.2) is 35.6 Å². The van der Waals surface area contributed by atoms with Gasteiger partial charge in [0.25, 0.3) is 0 Å². The second-order valence-corrected chi connectivity index (χ2v) is 6.52. The van der Waals surface area contributed by atoms with E-state index in [9.17, 15) is 14.3 Å². The fourth-order valence-corrected chi connectivity index (χ4v) is 3.23. The summed E-state index contributed by atoms with van der Waals surface area (Å²) in [7, 11) is 0. The Bertz CT molecular complexity index is 504. The third kappa shape index (κ3) is 3.67. The summed E-state index contributed by atoms with van der Waals surface area (Å²) in [6.07, 6.45) is 2.97. The van der Waals surface area contributed by atoms with E-state index in [0.29, 0.717) is 25.1 Å². The summed E-state index contributed by atoms with van der Waals surface area (Å²) in [5.74, 6) is -0.283. The number of carbonyl (C=O) groups is 1. The van der Waals surface area contributed by atoms with Crippen LogP contribution in [0.3, 0.4) is 0 Å². The number of hydrogen-bond donors (Lipinski definition) is 1. The Balaban J connectivity index is 1.92. The van der Waals surface area contributed by atoms with Crippen molar-refractivity contribution in [2.45, 2.75) is 45.4 Å². The van der Waals surface area contributed by atoms with E-state index in [1.54, 1.807) is 18.2 Å². The maximum atomic E-state index is 13.8. The zero-order chi connectivity index (χ0) is 16.2. The summed E-state index contributed by atoms with van der Waals surface area (Å²) in [6, 6.07) is 6.65. The summed E-state index contributed by atoms with van der Waals surface area (Å²) in [5.41, 5.74) is 0.583. The van der Waals surface area contributed by atoms with Crippen molar-refractivity contribution in [2.24, 2.45) is 5.41 Å². The first-order chi connectivity index (χ1) is 10.5. The Hall–Kier alpha value is -1.42. The van der Waals surface area contributed by atoms with Gasteiger partial charge >= 0.3 is 0 Å². The largest absolute Gasteiger partial charge is 0.396 e. The third-order valence-electron chi connectivity index (χ3n) is 5.18. The number of carbonyl (C=O) groups excluding carboxylic acids is 1. The van der Waals surface area contributed by atoms with Crippen LogP contribution < -0.4 is 0 Å². The highest BCUT2D eigenvalue weighted by molar-refractivity contribution is 5.77. The molecule has 0 radical (unpaired) electrons. The molecule has 0 spiro atoms. The van der Waals surface area contributed by atoms with Gasteiger partial charge in [0, 0.05) is 26.1 Å². The van der Waals surface area contributed by atoms with E-state index in [1.165, 1.54) is 6.07 Å². The Morgan fingerprint density at radius 3 is 2.55 bits per heavy atom. The number of aliphatic hydroxyl groups excluding tert-OH is 1. The summed E-state index contributed by atoms with van der Waals surface area (Å²) < 4.78 is 13.8. The van der Waals surface area contributed by atoms with Gasteiger partial charge in [-0.1, -0.05) is 32.0 Å². The lowest BCUT2D eigenvalue weighted by Crippen LogP contribution is -2.44. The predicted octanol–water partition coefficient (Wildman–Crippen LogP) is 3.33. The molecule has 122 valence electrons. The van der Waals surface area contributed by atoms with Crippen LogP contribution in [0.25, 0.3) is 0 Å². The van der Waals surface area contributed by atoms with Crippen LogP contribution >= 0.6 is 0 Å². The average Bonchev–Trinajstić information content (AvgIpc) is 2.55. The van der Waals surface area contributed by atoms with Crippen LogP contribution in [0.15, 0.2) is 24.3 Å². The van der Waals surface area contributed by atoms with Crippen LogP contribution in [0.1, 0.15) is 51.0 Å². The highest BCUT2D eigenvalue weighted by Crippen LogP contribution is 2.34. The average molecular weight is 307 g/mol. The standard InChI is InChI=1S/C18H26FNO2/c1-3-18(13-21)8-10-20(11-9-18)17(22)12-14(2)15-6-4-5-7-16(15)19/h4-7,14,21H,3,8-13H2,1-2H3. The molecule has 3 nitrogen and oxygen atoms in total. The molecule has 1 aliphatic rings. The molecule has 0 bridgehead atoms. The molecule has 0 saturated carbocycles. The zero-order valence-corrected chi connectivity index (χ0v) is 13.5. The molecule has 1 aliphatic heterocycles. The van der Waals surface area contributed by atoms with Crippen molar-refractivity contribution in [3.8, 4) is 0 Å². The summed E-state index contributed by atoms with van der Waals surface area (Å²) in [6.45, 7) is 5.56. The van der Waals surface area contributed by atoms with Gasteiger partial charge in [-0.05, 0) is 42.2 Å². The monoisotopic (exact) mass is 307 g/mol. The lowest BCUT2D eigenvalue weighted by Gasteiger charge is -2.40. The number of aliphatic hydroxyl groups is 1. The second kappa shape index (κ2) is 7.23. The number of benzene rings is 1. The number of rotatable bonds is 5. The summed E-state index contributed by atoms with van der Waals surface area (Å²) >= 11 is 0. The molecular formula is C18H26FNO2. The van der Waals surface area contributed by atoms with Gasteiger partial charge in [0.15, 0.2) is 0 Å². The van der Waals surface area contributed by atoms with Crippen LogP contribution in [0.5, 0.6) is 0 Å². The predicted molar refractivity (Wildman–Crippen MR) is 85.1 cm³/mol. The van der Waals surface area contributed by atoms with Gasteiger partial charge < -0.3 is 10.0 Å². The van der Waals surface area contributed by atoms with E-state index < -0.39 is 0 Å². The van der Waals surface area contributed by atoms with Crippen LogP contribution in [0.2, 0.25) is 0 Å². The van der Waals surface area contributed by atoms with E-state index in [1.807, 2.05) is 11.8 Å². The van der Waals surface area contributed by atoms with Gasteiger partial charge in [0.1, 0.15) is 5.82 Å². The molecule has 1 heterocycles. The third-order valence-corrected chi connectivity index (χ3v) is 5.18. The molecule has 1 fully saturated rings. The van der Waals surface area contributed by atoms with Crippen molar-refractivity contribution in [1.82, 2.24) is 4.90 Å². The fraction of sp³-hybridized carbons (Fsp3) is 0.611.